The molecule has 4 nitrogen and oxygen atoms in total. The zero-order chi connectivity index (χ0) is 13.2. The van der Waals surface area contributed by atoms with Gasteiger partial charge in [-0.3, -0.25) is 4.98 Å². The summed E-state index contributed by atoms with van der Waals surface area (Å²) in [5, 5.41) is 8.19. The van der Waals surface area contributed by atoms with Crippen molar-refractivity contribution in [1.82, 2.24) is 20.2 Å². The van der Waals surface area contributed by atoms with Crippen LogP contribution in [0.25, 0.3) is 22.5 Å². The molecule has 0 aliphatic heterocycles. The molecule has 0 bridgehead atoms. The van der Waals surface area contributed by atoms with E-state index >= 15 is 0 Å². The van der Waals surface area contributed by atoms with E-state index in [4.69, 9.17) is 0 Å². The van der Waals surface area contributed by atoms with Crippen LogP contribution in [0.3, 0.4) is 0 Å². The molecular weight excluding hydrogens is 496 g/mol. The van der Waals surface area contributed by atoms with E-state index < -0.39 is 0 Å². The molecule has 0 atom stereocenters. The third kappa shape index (κ3) is 3.03. The van der Waals surface area contributed by atoms with Gasteiger partial charge in [0.1, 0.15) is 4.60 Å². The van der Waals surface area contributed by atoms with Gasteiger partial charge in [0.15, 0.2) is 0 Å². The zero-order valence-corrected chi connectivity index (χ0v) is 14.5. The fraction of sp³-hybridized carbons (Fsp3) is 0.0714. The van der Waals surface area contributed by atoms with Gasteiger partial charge in [0.25, 0.3) is 0 Å². The van der Waals surface area contributed by atoms with E-state index in [0.29, 0.717) is 0 Å². The van der Waals surface area contributed by atoms with Gasteiger partial charge in [0.05, 0.1) is 11.4 Å². The smallest absolute Gasteiger partial charge is 0.106 e. The molecule has 1 radical (unpaired) electrons. The average molecular weight is 506 g/mol. The Hall–Kier alpha value is -1.36. The molecule has 3 aromatic rings. The molecule has 0 aliphatic carbocycles. The van der Waals surface area contributed by atoms with E-state index in [1.807, 2.05) is 37.3 Å². The summed E-state index contributed by atoms with van der Waals surface area (Å²) in [6, 6.07) is 9.75. The molecule has 3 aromatic heterocycles. The number of hydrogen-bond acceptors (Lipinski definition) is 3. The second-order valence-corrected chi connectivity index (χ2v) is 4.95. The quantitative estimate of drug-likeness (QED) is 0.501. The Bertz CT molecular complexity index is 666. The molecule has 0 fully saturated rings. The predicted molar refractivity (Wildman–Crippen MR) is 76.5 cm³/mol. The normalized spacial score (nSPS) is 10.1. The van der Waals surface area contributed by atoms with E-state index in [9.17, 15) is 0 Å². The van der Waals surface area contributed by atoms with Crippen LogP contribution in [0, 0.1) is 6.92 Å². The second-order valence-electron chi connectivity index (χ2n) is 4.14. The molecule has 6 heteroatoms. The molecule has 0 N–H and O–H groups in total. The standard InChI is InChI=1S/C14H10BrN4.Ir/c1-9-3-2-4-12(18-9)14-11(8-17-19-14)10-5-6-16-13(15)7-10;/h2-8H,1H3;/q-1;. The fourth-order valence-electron chi connectivity index (χ4n) is 1.90. The zero-order valence-electron chi connectivity index (χ0n) is 10.5. The van der Waals surface area contributed by atoms with Crippen LogP contribution in [0.15, 0.2) is 47.3 Å². The minimum Gasteiger partial charge on any atom is -0.581 e. The Labute approximate surface area is 138 Å². The molecule has 0 amide bonds. The van der Waals surface area contributed by atoms with Crippen molar-refractivity contribution in [3.8, 4) is 22.5 Å². The first kappa shape index (κ1) is 15.0. The average Bonchev–Trinajstić information content (AvgIpc) is 2.88. The van der Waals surface area contributed by atoms with Crippen molar-refractivity contribution >= 4 is 15.9 Å². The van der Waals surface area contributed by atoms with Crippen molar-refractivity contribution in [1.29, 1.82) is 0 Å². The van der Waals surface area contributed by atoms with Crippen LogP contribution in [0.2, 0.25) is 0 Å². The first-order valence-corrected chi connectivity index (χ1v) is 6.57. The molecule has 20 heavy (non-hydrogen) atoms. The Morgan fingerprint density at radius 3 is 2.80 bits per heavy atom. The third-order valence-electron chi connectivity index (χ3n) is 2.77. The van der Waals surface area contributed by atoms with Crippen LogP contribution >= 0.6 is 15.9 Å². The van der Waals surface area contributed by atoms with Crippen molar-refractivity contribution < 1.29 is 20.1 Å². The molecule has 0 saturated carbocycles. The second kappa shape index (κ2) is 6.39. The van der Waals surface area contributed by atoms with Crippen LogP contribution in [0.5, 0.6) is 0 Å². The SMILES string of the molecule is Cc1cccc(-c2n[n-]cc2-c2ccnc(Br)c2)n1.[Ir]. The summed E-state index contributed by atoms with van der Waals surface area (Å²) in [6.45, 7) is 1.96. The summed E-state index contributed by atoms with van der Waals surface area (Å²) in [5.74, 6) is 0. The van der Waals surface area contributed by atoms with Gasteiger partial charge in [0, 0.05) is 32.0 Å². The Morgan fingerprint density at radius 1 is 1.20 bits per heavy atom. The first-order chi connectivity index (χ1) is 9.24. The van der Waals surface area contributed by atoms with E-state index in [1.165, 1.54) is 0 Å². The Balaban J connectivity index is 0.00000147. The largest absolute Gasteiger partial charge is 0.581 e. The number of aromatic nitrogens is 4. The topological polar surface area (TPSA) is 52.8 Å². The minimum atomic E-state index is 0. The molecule has 0 unspecified atom stereocenters. The summed E-state index contributed by atoms with van der Waals surface area (Å²) >= 11 is 3.37. The summed E-state index contributed by atoms with van der Waals surface area (Å²) in [7, 11) is 0. The van der Waals surface area contributed by atoms with Gasteiger partial charge < -0.3 is 10.2 Å². The minimum absolute atomic E-state index is 0. The molecule has 0 aliphatic rings. The van der Waals surface area contributed by atoms with Crippen molar-refractivity contribution in [3.05, 3.63) is 53.0 Å². The number of aryl methyl sites for hydroxylation is 1. The predicted octanol–water partition coefficient (Wildman–Crippen LogP) is 3.23. The number of nitrogens with zero attached hydrogens (tertiary/aromatic N) is 4. The van der Waals surface area contributed by atoms with Crippen LogP contribution in [-0.4, -0.2) is 15.1 Å². The molecule has 0 aromatic carbocycles. The molecule has 3 rings (SSSR count). The molecule has 3 heterocycles. The number of halogens is 1. The van der Waals surface area contributed by atoms with Crippen LogP contribution in [0.1, 0.15) is 5.69 Å². The molecule has 0 saturated heterocycles. The monoisotopic (exact) mass is 506 g/mol. The van der Waals surface area contributed by atoms with Crippen LogP contribution < -0.4 is 5.10 Å². The van der Waals surface area contributed by atoms with Crippen molar-refractivity contribution in [2.24, 2.45) is 0 Å². The van der Waals surface area contributed by atoms with Gasteiger partial charge in [-0.15, -0.1) is 0 Å². The summed E-state index contributed by atoms with van der Waals surface area (Å²) in [6.07, 6.45) is 3.50. The number of hydrogen-bond donors (Lipinski definition) is 0. The first-order valence-electron chi connectivity index (χ1n) is 5.78. The maximum absolute atomic E-state index is 4.49. The van der Waals surface area contributed by atoms with Gasteiger partial charge in [-0.25, -0.2) is 4.98 Å². The van der Waals surface area contributed by atoms with Crippen molar-refractivity contribution in [2.45, 2.75) is 6.92 Å². The van der Waals surface area contributed by atoms with Crippen LogP contribution in [0.4, 0.5) is 0 Å². The number of pyridine rings is 2. The third-order valence-corrected chi connectivity index (χ3v) is 3.20. The van der Waals surface area contributed by atoms with E-state index in [-0.39, 0.29) is 20.1 Å². The van der Waals surface area contributed by atoms with Gasteiger partial charge in [-0.2, -0.15) is 6.20 Å². The number of rotatable bonds is 2. The maximum Gasteiger partial charge on any atom is 0.106 e. The Morgan fingerprint density at radius 2 is 2.05 bits per heavy atom. The van der Waals surface area contributed by atoms with Crippen molar-refractivity contribution in [3.63, 3.8) is 0 Å². The fourth-order valence-corrected chi connectivity index (χ4v) is 2.27. The van der Waals surface area contributed by atoms with Gasteiger partial charge >= 0.3 is 0 Å². The van der Waals surface area contributed by atoms with Crippen LogP contribution in [-0.2, 0) is 20.1 Å². The van der Waals surface area contributed by atoms with Gasteiger partial charge in [-0.05, 0) is 58.2 Å². The summed E-state index contributed by atoms with van der Waals surface area (Å²) in [5.41, 5.74) is 4.57. The molecular formula is C14H10BrIrN4-. The molecule has 0 spiro atoms. The van der Waals surface area contributed by atoms with E-state index in [2.05, 4.69) is 36.1 Å². The van der Waals surface area contributed by atoms with Gasteiger partial charge in [-0.1, -0.05) is 6.07 Å². The van der Waals surface area contributed by atoms with Crippen molar-refractivity contribution in [2.75, 3.05) is 0 Å². The summed E-state index contributed by atoms with van der Waals surface area (Å²) in [4.78, 5) is 8.62. The Kier molecular flexibility index (Phi) is 4.81. The van der Waals surface area contributed by atoms with E-state index in [1.54, 1.807) is 12.4 Å². The maximum atomic E-state index is 4.49. The summed E-state index contributed by atoms with van der Waals surface area (Å²) < 4.78 is 0.786. The molecule has 103 valence electrons. The van der Waals surface area contributed by atoms with E-state index in [0.717, 1.165) is 32.8 Å². The van der Waals surface area contributed by atoms with Gasteiger partial charge in [0.2, 0.25) is 0 Å².